The molecule has 4 rings (SSSR count). The summed E-state index contributed by atoms with van der Waals surface area (Å²) in [6.07, 6.45) is 3.69. The van der Waals surface area contributed by atoms with Crippen LogP contribution in [0.1, 0.15) is 30.1 Å². The number of halogens is 1. The van der Waals surface area contributed by atoms with Gasteiger partial charge in [-0.3, -0.25) is 9.36 Å². The second kappa shape index (κ2) is 6.60. The molecule has 1 N–H and O–H groups in total. The van der Waals surface area contributed by atoms with E-state index in [2.05, 4.69) is 14.8 Å². The number of aromatic hydroxyl groups is 1. The number of fused-ring (bicyclic) bond motifs is 1. The number of hydrogen-bond donors (Lipinski definition) is 1. The average Bonchev–Trinajstić information content (AvgIpc) is 3.10. The molecule has 1 aliphatic rings. The highest BCUT2D eigenvalue weighted by Crippen LogP contribution is 2.30. The van der Waals surface area contributed by atoms with E-state index in [1.165, 1.54) is 18.3 Å². The number of imidazole rings is 1. The van der Waals surface area contributed by atoms with Gasteiger partial charge in [0.05, 0.1) is 12.1 Å². The minimum Gasteiger partial charge on any atom is -0.519 e. The second-order valence-corrected chi connectivity index (χ2v) is 7.17. The van der Waals surface area contributed by atoms with Crippen molar-refractivity contribution in [1.29, 1.82) is 0 Å². The number of phenolic OH excluding ortho intramolecular Hbond substituents is 1. The van der Waals surface area contributed by atoms with Crippen LogP contribution < -0.4 is 0 Å². The van der Waals surface area contributed by atoms with Crippen LogP contribution in [0.2, 0.25) is 0 Å². The number of piperidine rings is 1. The number of hydrogen-bond acceptors (Lipinski definition) is 4. The second-order valence-electron chi connectivity index (χ2n) is 7.17. The standard InChI is InChI=1S/C20H18FN5O2/c1-20(21)5-7-25(8-6-20)19(28)13-9-16-18(23-11-13)26(12-24-16)14-3-4-15(22-2)17(27)10-14/h3-4,9-12,27H,5-8H2,1H3. The van der Waals surface area contributed by atoms with Crippen LogP contribution in [-0.2, 0) is 0 Å². The van der Waals surface area contributed by atoms with Gasteiger partial charge in [-0.15, -0.1) is 0 Å². The van der Waals surface area contributed by atoms with Crippen LogP contribution in [0.5, 0.6) is 5.75 Å². The van der Waals surface area contributed by atoms with Gasteiger partial charge < -0.3 is 10.0 Å². The van der Waals surface area contributed by atoms with Crippen molar-refractivity contribution in [2.24, 2.45) is 0 Å². The van der Waals surface area contributed by atoms with Crippen molar-refractivity contribution in [2.45, 2.75) is 25.4 Å². The maximum atomic E-state index is 14.0. The van der Waals surface area contributed by atoms with Crippen molar-refractivity contribution >= 4 is 22.8 Å². The fourth-order valence-electron chi connectivity index (χ4n) is 3.32. The van der Waals surface area contributed by atoms with Crippen LogP contribution in [0.15, 0.2) is 36.8 Å². The lowest BCUT2D eigenvalue weighted by Crippen LogP contribution is -2.43. The van der Waals surface area contributed by atoms with Crippen molar-refractivity contribution in [1.82, 2.24) is 19.4 Å². The molecule has 0 atom stereocenters. The SMILES string of the molecule is [C-]#[N+]c1ccc(-n2cnc3cc(C(=O)N4CCC(C)(F)CC4)cnc32)cc1O. The van der Waals surface area contributed by atoms with Gasteiger partial charge in [0.2, 0.25) is 5.69 Å². The zero-order valence-electron chi connectivity index (χ0n) is 15.3. The van der Waals surface area contributed by atoms with E-state index < -0.39 is 5.67 Å². The molecule has 1 amide bonds. The number of rotatable bonds is 2. The molecule has 1 saturated heterocycles. The fourth-order valence-corrected chi connectivity index (χ4v) is 3.32. The van der Waals surface area contributed by atoms with Gasteiger partial charge in [-0.25, -0.2) is 19.2 Å². The van der Waals surface area contributed by atoms with Crippen LogP contribution in [-0.4, -0.2) is 49.2 Å². The number of carbonyl (C=O) groups excluding carboxylic acids is 1. The number of benzene rings is 1. The number of amides is 1. The Labute approximate surface area is 160 Å². The van der Waals surface area contributed by atoms with Gasteiger partial charge in [0.25, 0.3) is 5.91 Å². The Balaban J connectivity index is 1.62. The zero-order valence-corrected chi connectivity index (χ0v) is 15.3. The molecule has 0 bridgehead atoms. The molecule has 0 radical (unpaired) electrons. The first-order valence-corrected chi connectivity index (χ1v) is 8.90. The summed E-state index contributed by atoms with van der Waals surface area (Å²) >= 11 is 0. The first-order valence-electron chi connectivity index (χ1n) is 8.90. The van der Waals surface area contributed by atoms with E-state index in [0.29, 0.717) is 48.3 Å². The first kappa shape index (κ1) is 17.9. The molecule has 142 valence electrons. The number of aromatic nitrogens is 3. The van der Waals surface area contributed by atoms with Gasteiger partial charge in [0.1, 0.15) is 23.3 Å². The highest BCUT2D eigenvalue weighted by molar-refractivity contribution is 5.96. The molecule has 3 heterocycles. The van der Waals surface area contributed by atoms with E-state index in [0.717, 1.165) is 0 Å². The first-order chi connectivity index (χ1) is 13.4. The van der Waals surface area contributed by atoms with E-state index in [4.69, 9.17) is 6.57 Å². The largest absolute Gasteiger partial charge is 0.519 e. The third-order valence-corrected chi connectivity index (χ3v) is 5.09. The molecule has 0 saturated carbocycles. The van der Waals surface area contributed by atoms with Crippen LogP contribution in [0.4, 0.5) is 10.1 Å². The van der Waals surface area contributed by atoms with Crippen LogP contribution in [0.25, 0.3) is 21.7 Å². The smallest absolute Gasteiger partial charge is 0.255 e. The Bertz CT molecular complexity index is 1110. The summed E-state index contributed by atoms with van der Waals surface area (Å²) in [5.41, 5.74) is 1.03. The van der Waals surface area contributed by atoms with E-state index in [1.807, 2.05) is 0 Å². The molecule has 28 heavy (non-hydrogen) atoms. The van der Waals surface area contributed by atoms with Gasteiger partial charge in [0.15, 0.2) is 5.65 Å². The molecule has 7 nitrogen and oxygen atoms in total. The highest BCUT2D eigenvalue weighted by atomic mass is 19.1. The summed E-state index contributed by atoms with van der Waals surface area (Å²) < 4.78 is 15.6. The monoisotopic (exact) mass is 379 g/mol. The van der Waals surface area contributed by atoms with Crippen LogP contribution in [0, 0.1) is 6.57 Å². The van der Waals surface area contributed by atoms with E-state index in [9.17, 15) is 14.3 Å². The number of phenols is 1. The van der Waals surface area contributed by atoms with Crippen LogP contribution >= 0.6 is 0 Å². The van der Waals surface area contributed by atoms with Gasteiger partial charge >= 0.3 is 0 Å². The number of nitrogens with zero attached hydrogens (tertiary/aromatic N) is 5. The predicted molar refractivity (Wildman–Crippen MR) is 101 cm³/mol. The lowest BCUT2D eigenvalue weighted by molar-refractivity contribution is 0.0503. The minimum atomic E-state index is -1.22. The summed E-state index contributed by atoms with van der Waals surface area (Å²) in [7, 11) is 0. The lowest BCUT2D eigenvalue weighted by Gasteiger charge is -2.34. The minimum absolute atomic E-state index is 0.119. The van der Waals surface area contributed by atoms with Crippen LogP contribution in [0.3, 0.4) is 0 Å². The summed E-state index contributed by atoms with van der Waals surface area (Å²) in [6.45, 7) is 9.33. The maximum absolute atomic E-state index is 14.0. The molecular weight excluding hydrogens is 361 g/mol. The highest BCUT2D eigenvalue weighted by Gasteiger charge is 2.32. The number of alkyl halides is 1. The Hall–Kier alpha value is -3.47. The topological polar surface area (TPSA) is 75.6 Å². The lowest BCUT2D eigenvalue weighted by atomic mass is 9.95. The fraction of sp³-hybridized carbons (Fsp3) is 0.300. The molecular formula is C20H18FN5O2. The summed E-state index contributed by atoms with van der Waals surface area (Å²) in [6, 6.07) is 6.35. The predicted octanol–water partition coefficient (Wildman–Crippen LogP) is 3.64. The molecule has 0 aliphatic carbocycles. The van der Waals surface area contributed by atoms with Gasteiger partial charge in [-0.1, -0.05) is 6.07 Å². The average molecular weight is 379 g/mol. The Morgan fingerprint density at radius 1 is 1.29 bits per heavy atom. The van der Waals surface area contributed by atoms with Crippen molar-refractivity contribution in [2.75, 3.05) is 13.1 Å². The Morgan fingerprint density at radius 2 is 2.04 bits per heavy atom. The summed E-state index contributed by atoms with van der Waals surface area (Å²) in [4.78, 5) is 26.3. The molecule has 1 aromatic carbocycles. The molecule has 0 unspecified atom stereocenters. The van der Waals surface area contributed by atoms with Gasteiger partial charge in [0, 0.05) is 25.0 Å². The summed E-state index contributed by atoms with van der Waals surface area (Å²) in [5.74, 6) is -0.301. The third-order valence-electron chi connectivity index (χ3n) is 5.09. The Morgan fingerprint density at radius 3 is 2.71 bits per heavy atom. The molecule has 0 spiro atoms. The van der Waals surface area contributed by atoms with E-state index >= 15 is 0 Å². The normalized spacial score (nSPS) is 16.1. The zero-order chi connectivity index (χ0) is 19.9. The third kappa shape index (κ3) is 3.16. The molecule has 3 aromatic rings. The Kier molecular flexibility index (Phi) is 4.23. The van der Waals surface area contributed by atoms with E-state index in [-0.39, 0.29) is 17.3 Å². The quantitative estimate of drug-likeness (QED) is 0.690. The number of likely N-dealkylation sites (tertiary alicyclic amines) is 1. The number of pyridine rings is 1. The van der Waals surface area contributed by atoms with Gasteiger partial charge in [-0.2, -0.15) is 0 Å². The molecule has 1 fully saturated rings. The van der Waals surface area contributed by atoms with Gasteiger partial charge in [-0.05, 0) is 38.0 Å². The molecule has 1 aliphatic heterocycles. The molecule has 2 aromatic heterocycles. The van der Waals surface area contributed by atoms with E-state index in [1.54, 1.807) is 34.9 Å². The van der Waals surface area contributed by atoms with Crippen molar-refractivity contribution in [3.63, 3.8) is 0 Å². The van der Waals surface area contributed by atoms with Crippen molar-refractivity contribution < 1.29 is 14.3 Å². The number of carbonyl (C=O) groups is 1. The van der Waals surface area contributed by atoms with Crippen molar-refractivity contribution in [3.8, 4) is 11.4 Å². The summed E-state index contributed by atoms with van der Waals surface area (Å²) in [5, 5.41) is 9.92. The van der Waals surface area contributed by atoms with Crippen molar-refractivity contribution in [3.05, 3.63) is 53.8 Å². The maximum Gasteiger partial charge on any atom is 0.255 e. The molecule has 8 heteroatoms.